The highest BCUT2D eigenvalue weighted by molar-refractivity contribution is 5.92. The van der Waals surface area contributed by atoms with Gasteiger partial charge in [-0.1, -0.05) is 151 Å². The van der Waals surface area contributed by atoms with Gasteiger partial charge in [0, 0.05) is 50.5 Å². The number of rotatable bonds is 21. The van der Waals surface area contributed by atoms with Crippen molar-refractivity contribution in [1.82, 2.24) is 25.0 Å². The molecule has 10 nitrogen and oxygen atoms in total. The molecule has 0 spiro atoms. The van der Waals surface area contributed by atoms with Crippen LogP contribution in [0.15, 0.2) is 91.1 Å². The van der Waals surface area contributed by atoms with Crippen molar-refractivity contribution in [2.24, 2.45) is 0 Å². The van der Waals surface area contributed by atoms with Crippen LogP contribution in [0.2, 0.25) is 0 Å². The predicted octanol–water partition coefficient (Wildman–Crippen LogP) is 9.73. The highest BCUT2D eigenvalue weighted by Gasteiger charge is 2.52. The summed E-state index contributed by atoms with van der Waals surface area (Å²) >= 11 is 0. The molecule has 1 unspecified atom stereocenters. The maximum absolute atomic E-state index is 14.7. The molecule has 0 aliphatic carbocycles. The molecule has 3 aromatic carbocycles. The largest absolute Gasteiger partial charge is 0.427 e. The van der Waals surface area contributed by atoms with E-state index in [4.69, 9.17) is 4.74 Å². The lowest BCUT2D eigenvalue weighted by Gasteiger charge is -2.55. The summed E-state index contributed by atoms with van der Waals surface area (Å²) < 4.78 is 5.68. The van der Waals surface area contributed by atoms with E-state index in [1.165, 1.54) is 64.2 Å². The molecule has 4 amide bonds. The minimum atomic E-state index is -0.847. The molecule has 0 bridgehead atoms. The molecule has 3 heterocycles. The number of carbonyl (C=O) groups is 4. The van der Waals surface area contributed by atoms with Gasteiger partial charge in [-0.3, -0.25) is 19.4 Å². The van der Waals surface area contributed by atoms with Crippen LogP contribution in [0.5, 0.6) is 5.75 Å². The Kier molecular flexibility index (Phi) is 16.3. The van der Waals surface area contributed by atoms with E-state index in [0.717, 1.165) is 46.9 Å². The molecule has 2 aliphatic rings. The van der Waals surface area contributed by atoms with Gasteiger partial charge in [-0.25, -0.2) is 4.79 Å². The van der Waals surface area contributed by atoms with Crippen molar-refractivity contribution in [1.29, 1.82) is 0 Å². The zero-order chi connectivity index (χ0) is 41.4. The van der Waals surface area contributed by atoms with E-state index in [1.807, 2.05) is 79.7 Å². The highest BCUT2D eigenvalue weighted by atomic mass is 16.5. The SMILES string of the molecule is CCCCCCCCCCCCCCCC(=O)Oc1ccc(C[C@H]2C(=O)N(Cc3cccc4cccnc34)[C@@H](C)C3N(C(=O)NCc4ccccc4)CCC(=O)N32)cc1. The lowest BCUT2D eigenvalue weighted by atomic mass is 9.93. The first-order chi connectivity index (χ1) is 28.8. The maximum Gasteiger partial charge on any atom is 0.319 e. The second-order valence-electron chi connectivity index (χ2n) is 16.3. The van der Waals surface area contributed by atoms with Crippen LogP contribution in [-0.4, -0.2) is 68.3 Å². The number of pyridine rings is 1. The van der Waals surface area contributed by atoms with E-state index in [2.05, 4.69) is 17.2 Å². The van der Waals surface area contributed by atoms with Crippen LogP contribution in [-0.2, 0) is 33.9 Å². The first-order valence-electron chi connectivity index (χ1n) is 22.2. The van der Waals surface area contributed by atoms with Gasteiger partial charge < -0.3 is 24.8 Å². The Morgan fingerprint density at radius 3 is 2.12 bits per heavy atom. The van der Waals surface area contributed by atoms with Crippen LogP contribution < -0.4 is 10.1 Å². The molecule has 10 heteroatoms. The number of amides is 4. The number of hydrogen-bond acceptors (Lipinski definition) is 6. The lowest BCUT2D eigenvalue weighted by molar-refractivity contribution is -0.173. The molecule has 3 atom stereocenters. The van der Waals surface area contributed by atoms with Gasteiger partial charge in [-0.15, -0.1) is 0 Å². The number of aromatic nitrogens is 1. The van der Waals surface area contributed by atoms with Gasteiger partial charge in [0.15, 0.2) is 0 Å². The van der Waals surface area contributed by atoms with Crippen LogP contribution in [0.3, 0.4) is 0 Å². The Labute approximate surface area is 350 Å². The summed E-state index contributed by atoms with van der Waals surface area (Å²) in [6, 6.07) is 25.1. The van der Waals surface area contributed by atoms with E-state index in [-0.39, 0.29) is 49.7 Å². The van der Waals surface area contributed by atoms with Gasteiger partial charge in [0.05, 0.1) is 11.6 Å². The monoisotopic (exact) mass is 801 g/mol. The summed E-state index contributed by atoms with van der Waals surface area (Å²) in [5.74, 6) is -0.133. The van der Waals surface area contributed by atoms with Crippen molar-refractivity contribution in [2.75, 3.05) is 6.54 Å². The van der Waals surface area contributed by atoms with Gasteiger partial charge in [0.2, 0.25) is 11.8 Å². The van der Waals surface area contributed by atoms with Crippen molar-refractivity contribution in [3.63, 3.8) is 0 Å². The zero-order valence-electron chi connectivity index (χ0n) is 35.2. The topological polar surface area (TPSA) is 112 Å². The number of nitrogens with zero attached hydrogens (tertiary/aromatic N) is 4. The van der Waals surface area contributed by atoms with Crippen LogP contribution in [0.1, 0.15) is 127 Å². The Balaban J connectivity index is 1.08. The summed E-state index contributed by atoms with van der Waals surface area (Å²) in [6.45, 7) is 5.04. The first kappa shape index (κ1) is 43.3. The van der Waals surface area contributed by atoms with E-state index >= 15 is 0 Å². The van der Waals surface area contributed by atoms with Gasteiger partial charge in [0.25, 0.3) is 0 Å². The molecule has 59 heavy (non-hydrogen) atoms. The molecule has 1 aromatic heterocycles. The molecule has 0 radical (unpaired) electrons. The molecular weight excluding hydrogens is 739 g/mol. The Morgan fingerprint density at radius 2 is 1.42 bits per heavy atom. The normalized spacial score (nSPS) is 17.9. The van der Waals surface area contributed by atoms with E-state index < -0.39 is 18.2 Å². The van der Waals surface area contributed by atoms with Crippen LogP contribution in [0, 0.1) is 0 Å². The molecule has 2 saturated heterocycles. The second-order valence-corrected chi connectivity index (χ2v) is 16.3. The quantitative estimate of drug-likeness (QED) is 0.0510. The standard InChI is InChI=1S/C49H63N5O5/c1-3-4-5-6-7-8-9-10-11-12-13-14-18-26-45(56)59-42-29-27-38(28-30-42)34-43-48(57)53(36-41-24-19-23-40-25-20-32-50-46(40)41)37(2)47-52(33-31-44(55)54(43)47)49(58)51-35-39-21-16-15-17-22-39/h15-17,19-25,27-30,32,37,43,47H,3-14,18,26,31,33-36H2,1-2H3,(H,51,58)/t37-,43-,47?/m0/s1. The molecule has 2 fully saturated rings. The van der Waals surface area contributed by atoms with Gasteiger partial charge in [0.1, 0.15) is 18.0 Å². The number of urea groups is 1. The fourth-order valence-electron chi connectivity index (χ4n) is 8.67. The van der Waals surface area contributed by atoms with Crippen molar-refractivity contribution < 1.29 is 23.9 Å². The third kappa shape index (κ3) is 11.9. The molecule has 4 aromatic rings. The van der Waals surface area contributed by atoms with Gasteiger partial charge in [-0.2, -0.15) is 0 Å². The number of hydrogen-bond donors (Lipinski definition) is 1. The average Bonchev–Trinajstić information content (AvgIpc) is 3.25. The molecule has 6 rings (SSSR count). The lowest BCUT2D eigenvalue weighted by Crippen LogP contribution is -2.75. The Hall–Kier alpha value is -5.25. The van der Waals surface area contributed by atoms with Crippen molar-refractivity contribution >= 4 is 34.7 Å². The average molecular weight is 802 g/mol. The van der Waals surface area contributed by atoms with Crippen molar-refractivity contribution in [3.8, 4) is 5.75 Å². The number of carbonyl (C=O) groups excluding carboxylic acids is 4. The van der Waals surface area contributed by atoms with Crippen LogP contribution in [0.25, 0.3) is 10.9 Å². The van der Waals surface area contributed by atoms with Crippen LogP contribution in [0.4, 0.5) is 4.79 Å². The Bertz CT molecular complexity index is 1970. The molecular formula is C49H63N5O5. The second kappa shape index (κ2) is 22.2. The summed E-state index contributed by atoms with van der Waals surface area (Å²) in [5, 5.41) is 4.03. The number of nitrogens with one attached hydrogen (secondary N) is 1. The molecule has 0 saturated carbocycles. The fourth-order valence-corrected chi connectivity index (χ4v) is 8.67. The number of unbranched alkanes of at least 4 members (excludes halogenated alkanes) is 12. The fraction of sp³-hybridized carbons (Fsp3) is 0.490. The molecule has 2 aliphatic heterocycles. The summed E-state index contributed by atoms with van der Waals surface area (Å²) in [4.78, 5) is 64.9. The number of fused-ring (bicyclic) bond motifs is 2. The number of benzene rings is 3. The van der Waals surface area contributed by atoms with Crippen molar-refractivity contribution in [3.05, 3.63) is 108 Å². The van der Waals surface area contributed by atoms with E-state index in [0.29, 0.717) is 18.7 Å². The summed E-state index contributed by atoms with van der Waals surface area (Å²) in [7, 11) is 0. The maximum atomic E-state index is 14.7. The molecule has 1 N–H and O–H groups in total. The minimum absolute atomic E-state index is 0.118. The number of esters is 1. The molecule has 314 valence electrons. The van der Waals surface area contributed by atoms with E-state index in [9.17, 15) is 19.2 Å². The minimum Gasteiger partial charge on any atom is -0.427 e. The highest BCUT2D eigenvalue weighted by Crippen LogP contribution is 2.34. The summed E-state index contributed by atoms with van der Waals surface area (Å²) in [5.41, 5.74) is 3.49. The first-order valence-corrected chi connectivity index (χ1v) is 22.2. The van der Waals surface area contributed by atoms with Gasteiger partial charge in [-0.05, 0) is 48.2 Å². The Morgan fingerprint density at radius 1 is 0.763 bits per heavy atom. The summed E-state index contributed by atoms with van der Waals surface area (Å²) in [6.07, 6.45) is 18.0. The number of ether oxygens (including phenoxy) is 1. The van der Waals surface area contributed by atoms with E-state index in [1.54, 1.807) is 33.0 Å². The third-order valence-corrected chi connectivity index (χ3v) is 12.0. The number of piperazine rings is 1. The number of para-hydroxylation sites is 1. The third-order valence-electron chi connectivity index (χ3n) is 12.0. The van der Waals surface area contributed by atoms with Crippen molar-refractivity contribution in [2.45, 2.75) is 148 Å². The zero-order valence-corrected chi connectivity index (χ0v) is 35.2. The van der Waals surface area contributed by atoms with Crippen LogP contribution >= 0.6 is 0 Å². The smallest absolute Gasteiger partial charge is 0.319 e. The van der Waals surface area contributed by atoms with Gasteiger partial charge >= 0.3 is 12.0 Å². The predicted molar refractivity (Wildman–Crippen MR) is 232 cm³/mol.